The first-order valence-corrected chi connectivity index (χ1v) is 6.82. The summed E-state index contributed by atoms with van der Waals surface area (Å²) in [5.41, 5.74) is 2.46. The zero-order chi connectivity index (χ0) is 13.7. The van der Waals surface area contributed by atoms with Crippen molar-refractivity contribution in [1.82, 2.24) is 5.32 Å². The number of aliphatic hydroxyl groups is 1. The van der Waals surface area contributed by atoms with Gasteiger partial charge in [0.1, 0.15) is 0 Å². The normalized spacial score (nSPS) is 21.6. The lowest BCUT2D eigenvalue weighted by molar-refractivity contribution is -0.121. The summed E-state index contributed by atoms with van der Waals surface area (Å²) < 4.78 is 0. The Morgan fingerprint density at radius 2 is 2.16 bits per heavy atom. The summed E-state index contributed by atoms with van der Waals surface area (Å²) in [4.78, 5) is 11.9. The number of amides is 1. The maximum Gasteiger partial charge on any atom is 0.220 e. The molecule has 0 aliphatic heterocycles. The average Bonchev–Trinajstić information content (AvgIpc) is 2.85. The molecule has 1 aliphatic carbocycles. The predicted molar refractivity (Wildman–Crippen MR) is 75.8 cm³/mol. The van der Waals surface area contributed by atoms with Crippen LogP contribution in [-0.4, -0.2) is 23.7 Å². The Labute approximate surface area is 114 Å². The molecule has 0 heterocycles. The molecule has 2 atom stereocenters. The van der Waals surface area contributed by atoms with Crippen LogP contribution in [0.2, 0.25) is 0 Å². The standard InChI is InChI=1S/C16H21NO2/c1-12-4-2-3-5-14(12)7-9-16(19)17-15-8-6-13(10-15)11-18/h2-6,8,13,15,18H,7,9-11H2,1H3,(H,17,19)/t13-,15+/m0/s1. The van der Waals surface area contributed by atoms with E-state index in [1.54, 1.807) is 0 Å². The molecular weight excluding hydrogens is 238 g/mol. The Kier molecular flexibility index (Phi) is 4.74. The van der Waals surface area contributed by atoms with Crippen molar-refractivity contribution in [3.63, 3.8) is 0 Å². The second-order valence-corrected chi connectivity index (χ2v) is 5.16. The lowest BCUT2D eigenvalue weighted by Crippen LogP contribution is -2.33. The molecule has 2 rings (SSSR count). The van der Waals surface area contributed by atoms with Gasteiger partial charge >= 0.3 is 0 Å². The number of aryl methyl sites for hydroxylation is 2. The van der Waals surface area contributed by atoms with Crippen LogP contribution in [-0.2, 0) is 11.2 Å². The van der Waals surface area contributed by atoms with Crippen molar-refractivity contribution in [3.8, 4) is 0 Å². The number of rotatable bonds is 5. The van der Waals surface area contributed by atoms with Gasteiger partial charge in [-0.1, -0.05) is 36.4 Å². The number of carbonyl (C=O) groups excluding carboxylic acids is 1. The Morgan fingerprint density at radius 1 is 1.37 bits per heavy atom. The van der Waals surface area contributed by atoms with E-state index in [4.69, 9.17) is 5.11 Å². The summed E-state index contributed by atoms with van der Waals surface area (Å²) in [7, 11) is 0. The Hall–Kier alpha value is -1.61. The van der Waals surface area contributed by atoms with Gasteiger partial charge in [-0.15, -0.1) is 0 Å². The van der Waals surface area contributed by atoms with Gasteiger partial charge in [-0.25, -0.2) is 0 Å². The van der Waals surface area contributed by atoms with Crippen molar-refractivity contribution in [2.24, 2.45) is 5.92 Å². The van der Waals surface area contributed by atoms with Crippen molar-refractivity contribution in [3.05, 3.63) is 47.5 Å². The quantitative estimate of drug-likeness (QED) is 0.794. The Bertz CT molecular complexity index is 468. The van der Waals surface area contributed by atoms with Crippen molar-refractivity contribution < 1.29 is 9.90 Å². The molecule has 0 saturated heterocycles. The fourth-order valence-corrected chi connectivity index (χ4v) is 2.43. The topological polar surface area (TPSA) is 49.3 Å². The minimum atomic E-state index is 0.0801. The van der Waals surface area contributed by atoms with E-state index < -0.39 is 0 Å². The van der Waals surface area contributed by atoms with Crippen molar-refractivity contribution >= 4 is 5.91 Å². The van der Waals surface area contributed by atoms with Gasteiger partial charge in [0.2, 0.25) is 5.91 Å². The molecule has 0 aromatic heterocycles. The van der Waals surface area contributed by atoms with Crippen LogP contribution in [0, 0.1) is 12.8 Å². The monoisotopic (exact) mass is 259 g/mol. The van der Waals surface area contributed by atoms with E-state index in [2.05, 4.69) is 24.4 Å². The molecule has 1 aromatic rings. The van der Waals surface area contributed by atoms with Gasteiger partial charge in [0.05, 0.1) is 0 Å². The lowest BCUT2D eigenvalue weighted by atomic mass is 10.0. The van der Waals surface area contributed by atoms with E-state index >= 15 is 0 Å². The Morgan fingerprint density at radius 3 is 2.84 bits per heavy atom. The molecule has 102 valence electrons. The number of hydrogen-bond donors (Lipinski definition) is 2. The molecule has 0 bridgehead atoms. The van der Waals surface area contributed by atoms with Gasteiger partial charge in [-0.2, -0.15) is 0 Å². The third kappa shape index (κ3) is 3.93. The highest BCUT2D eigenvalue weighted by Gasteiger charge is 2.19. The highest BCUT2D eigenvalue weighted by Crippen LogP contribution is 2.17. The van der Waals surface area contributed by atoms with Crippen LogP contribution in [0.25, 0.3) is 0 Å². The third-order valence-electron chi connectivity index (χ3n) is 3.64. The molecule has 1 amide bonds. The van der Waals surface area contributed by atoms with Gasteiger partial charge in [0.25, 0.3) is 0 Å². The van der Waals surface area contributed by atoms with E-state index in [9.17, 15) is 4.79 Å². The highest BCUT2D eigenvalue weighted by molar-refractivity contribution is 5.76. The fourth-order valence-electron chi connectivity index (χ4n) is 2.43. The molecule has 0 unspecified atom stereocenters. The second kappa shape index (κ2) is 6.53. The van der Waals surface area contributed by atoms with Gasteiger partial charge in [0, 0.05) is 25.0 Å². The van der Waals surface area contributed by atoms with Gasteiger partial charge in [0.15, 0.2) is 0 Å². The predicted octanol–water partition coefficient (Wildman–Crippen LogP) is 1.98. The molecule has 2 N–H and O–H groups in total. The smallest absolute Gasteiger partial charge is 0.220 e. The van der Waals surface area contributed by atoms with Crippen LogP contribution in [0.3, 0.4) is 0 Å². The van der Waals surface area contributed by atoms with E-state index in [0.717, 1.165) is 12.8 Å². The number of benzene rings is 1. The van der Waals surface area contributed by atoms with Gasteiger partial charge < -0.3 is 10.4 Å². The molecule has 1 aromatic carbocycles. The average molecular weight is 259 g/mol. The van der Waals surface area contributed by atoms with Crippen LogP contribution in [0.1, 0.15) is 24.0 Å². The molecule has 0 fully saturated rings. The summed E-state index contributed by atoms with van der Waals surface area (Å²) in [5, 5.41) is 12.0. The van der Waals surface area contributed by atoms with Crippen LogP contribution < -0.4 is 5.32 Å². The summed E-state index contributed by atoms with van der Waals surface area (Å²) in [6.45, 7) is 2.23. The molecule has 0 spiro atoms. The van der Waals surface area contributed by atoms with E-state index in [0.29, 0.717) is 6.42 Å². The molecule has 3 heteroatoms. The SMILES string of the molecule is Cc1ccccc1CCC(=O)N[C@@H]1C=C[C@H](CO)C1. The molecule has 0 radical (unpaired) electrons. The molecule has 3 nitrogen and oxygen atoms in total. The van der Waals surface area contributed by atoms with E-state index in [1.165, 1.54) is 11.1 Å². The third-order valence-corrected chi connectivity index (χ3v) is 3.64. The minimum Gasteiger partial charge on any atom is -0.396 e. The zero-order valence-corrected chi connectivity index (χ0v) is 11.3. The fraction of sp³-hybridized carbons (Fsp3) is 0.438. The van der Waals surface area contributed by atoms with Crippen molar-refractivity contribution in [2.45, 2.75) is 32.2 Å². The molecular formula is C16H21NO2. The molecule has 1 aliphatic rings. The van der Waals surface area contributed by atoms with Crippen LogP contribution in [0.5, 0.6) is 0 Å². The summed E-state index contributed by atoms with van der Waals surface area (Å²) in [5.74, 6) is 0.276. The summed E-state index contributed by atoms with van der Waals surface area (Å²) in [6, 6.07) is 8.24. The first-order valence-electron chi connectivity index (χ1n) is 6.82. The van der Waals surface area contributed by atoms with Crippen LogP contribution >= 0.6 is 0 Å². The van der Waals surface area contributed by atoms with Crippen LogP contribution in [0.15, 0.2) is 36.4 Å². The first kappa shape index (κ1) is 13.8. The van der Waals surface area contributed by atoms with Crippen molar-refractivity contribution in [1.29, 1.82) is 0 Å². The Balaban J connectivity index is 1.77. The summed E-state index contributed by atoms with van der Waals surface area (Å²) >= 11 is 0. The van der Waals surface area contributed by atoms with Crippen LogP contribution in [0.4, 0.5) is 0 Å². The maximum absolute atomic E-state index is 11.9. The van der Waals surface area contributed by atoms with Gasteiger partial charge in [-0.05, 0) is 30.9 Å². The zero-order valence-electron chi connectivity index (χ0n) is 11.3. The maximum atomic E-state index is 11.9. The highest BCUT2D eigenvalue weighted by atomic mass is 16.3. The number of aliphatic hydroxyl groups excluding tert-OH is 1. The van der Waals surface area contributed by atoms with Crippen molar-refractivity contribution in [2.75, 3.05) is 6.61 Å². The second-order valence-electron chi connectivity index (χ2n) is 5.16. The number of hydrogen-bond acceptors (Lipinski definition) is 2. The molecule has 19 heavy (non-hydrogen) atoms. The summed E-state index contributed by atoms with van der Waals surface area (Å²) in [6.07, 6.45) is 6.06. The van der Waals surface area contributed by atoms with Gasteiger partial charge in [-0.3, -0.25) is 4.79 Å². The first-order chi connectivity index (χ1) is 9.19. The minimum absolute atomic E-state index is 0.0801. The largest absolute Gasteiger partial charge is 0.396 e. The molecule has 0 saturated carbocycles. The lowest BCUT2D eigenvalue weighted by Gasteiger charge is -2.13. The van der Waals surface area contributed by atoms with E-state index in [1.807, 2.05) is 24.3 Å². The number of carbonyl (C=O) groups is 1. The number of nitrogens with one attached hydrogen (secondary N) is 1. The van der Waals surface area contributed by atoms with E-state index in [-0.39, 0.29) is 24.5 Å².